The van der Waals surface area contributed by atoms with Crippen LogP contribution in [0.3, 0.4) is 0 Å². The van der Waals surface area contributed by atoms with Crippen molar-refractivity contribution in [3.63, 3.8) is 0 Å². The number of carbonyl (C=O) groups is 1. The van der Waals surface area contributed by atoms with Gasteiger partial charge in [0, 0.05) is 32.0 Å². The second-order valence-electron chi connectivity index (χ2n) is 6.87. The van der Waals surface area contributed by atoms with Crippen LogP contribution in [-0.2, 0) is 6.18 Å². The van der Waals surface area contributed by atoms with E-state index in [-0.39, 0.29) is 35.5 Å². The molecule has 0 radical (unpaired) electrons. The number of ether oxygens (including phenoxy) is 1. The van der Waals surface area contributed by atoms with Crippen LogP contribution in [0.4, 0.5) is 22.0 Å². The molecule has 1 amide bonds. The Hall–Kier alpha value is -2.75. The molecular weight excluding hydrogens is 427 g/mol. The normalized spacial score (nSPS) is 15.6. The summed E-state index contributed by atoms with van der Waals surface area (Å²) in [6.07, 6.45) is -4.19. The number of fused-ring (bicyclic) bond motifs is 1. The Balaban J connectivity index is 1.42. The van der Waals surface area contributed by atoms with E-state index in [9.17, 15) is 26.7 Å². The minimum Gasteiger partial charge on any atom is -0.467 e. The van der Waals surface area contributed by atoms with Gasteiger partial charge in [0.25, 0.3) is 11.1 Å². The van der Waals surface area contributed by atoms with E-state index in [1.807, 2.05) is 0 Å². The molecule has 1 aliphatic rings. The second-order valence-corrected chi connectivity index (χ2v) is 7.86. The highest BCUT2D eigenvalue weighted by atomic mass is 32.1. The van der Waals surface area contributed by atoms with Gasteiger partial charge in [-0.15, -0.1) is 0 Å². The number of hydrogen-bond donors (Lipinski definition) is 0. The van der Waals surface area contributed by atoms with Crippen molar-refractivity contribution in [3.8, 4) is 5.19 Å². The Bertz CT molecular complexity index is 1090. The van der Waals surface area contributed by atoms with Crippen molar-refractivity contribution in [2.75, 3.05) is 13.1 Å². The van der Waals surface area contributed by atoms with Crippen LogP contribution >= 0.6 is 11.3 Å². The smallest absolute Gasteiger partial charge is 0.417 e. The first-order valence-corrected chi connectivity index (χ1v) is 9.92. The lowest BCUT2D eigenvalue weighted by molar-refractivity contribution is -0.138. The minimum atomic E-state index is -4.62. The number of nitrogens with zero attached hydrogens (tertiary/aromatic N) is 2. The fraction of sp³-hybridized carbons (Fsp3) is 0.300. The zero-order valence-corrected chi connectivity index (χ0v) is 16.2. The lowest BCUT2D eigenvalue weighted by Gasteiger charge is -2.32. The van der Waals surface area contributed by atoms with Gasteiger partial charge in [0.05, 0.1) is 15.8 Å². The maximum atomic E-state index is 13.8. The average molecular weight is 442 g/mol. The van der Waals surface area contributed by atoms with E-state index < -0.39 is 29.3 Å². The maximum absolute atomic E-state index is 13.8. The number of likely N-dealkylation sites (tertiary alicyclic amines) is 1. The number of alkyl halides is 3. The van der Waals surface area contributed by atoms with Crippen LogP contribution in [0.5, 0.6) is 5.19 Å². The third-order valence-corrected chi connectivity index (χ3v) is 5.75. The van der Waals surface area contributed by atoms with Gasteiger partial charge >= 0.3 is 6.18 Å². The Morgan fingerprint density at radius 1 is 1.13 bits per heavy atom. The molecule has 0 bridgehead atoms. The van der Waals surface area contributed by atoms with E-state index in [2.05, 4.69) is 4.98 Å². The van der Waals surface area contributed by atoms with Gasteiger partial charge in [-0.3, -0.25) is 4.79 Å². The molecule has 0 aliphatic carbocycles. The first kappa shape index (κ1) is 20.5. The zero-order valence-electron chi connectivity index (χ0n) is 15.4. The molecule has 0 unspecified atom stereocenters. The van der Waals surface area contributed by atoms with E-state index in [0.29, 0.717) is 17.5 Å². The lowest BCUT2D eigenvalue weighted by atomic mass is 10.0. The van der Waals surface area contributed by atoms with Crippen molar-refractivity contribution in [2.45, 2.75) is 25.1 Å². The molecule has 0 spiro atoms. The molecule has 0 saturated carbocycles. The number of halogens is 5. The Morgan fingerprint density at radius 3 is 2.53 bits per heavy atom. The van der Waals surface area contributed by atoms with Gasteiger partial charge in [0.15, 0.2) is 5.82 Å². The molecule has 2 heterocycles. The van der Waals surface area contributed by atoms with Crippen molar-refractivity contribution in [1.29, 1.82) is 0 Å². The van der Waals surface area contributed by atoms with E-state index in [4.69, 9.17) is 4.74 Å². The summed E-state index contributed by atoms with van der Waals surface area (Å²) in [6, 6.07) is 6.61. The summed E-state index contributed by atoms with van der Waals surface area (Å²) in [4.78, 5) is 18.0. The highest BCUT2D eigenvalue weighted by Crippen LogP contribution is 2.34. The minimum absolute atomic E-state index is 0.0211. The molecule has 158 valence electrons. The summed E-state index contributed by atoms with van der Waals surface area (Å²) in [7, 11) is 0. The van der Waals surface area contributed by atoms with Gasteiger partial charge in [-0.2, -0.15) is 18.2 Å². The van der Waals surface area contributed by atoms with Gasteiger partial charge in [-0.05, 0) is 18.2 Å². The summed E-state index contributed by atoms with van der Waals surface area (Å²) in [5.41, 5.74) is -1.32. The summed E-state index contributed by atoms with van der Waals surface area (Å²) in [5.74, 6) is -2.17. The molecule has 2 aromatic carbocycles. The number of piperidine rings is 1. The topological polar surface area (TPSA) is 42.4 Å². The largest absolute Gasteiger partial charge is 0.467 e. The van der Waals surface area contributed by atoms with E-state index in [1.54, 1.807) is 0 Å². The zero-order chi connectivity index (χ0) is 21.5. The molecule has 3 aromatic rings. The molecule has 1 saturated heterocycles. The molecule has 1 aliphatic heterocycles. The third kappa shape index (κ3) is 4.09. The average Bonchev–Trinajstić information content (AvgIpc) is 3.10. The number of rotatable bonds is 3. The van der Waals surface area contributed by atoms with Crippen molar-refractivity contribution in [2.24, 2.45) is 0 Å². The van der Waals surface area contributed by atoms with Crippen LogP contribution in [0.2, 0.25) is 0 Å². The molecule has 4 nitrogen and oxygen atoms in total. The van der Waals surface area contributed by atoms with E-state index in [0.717, 1.165) is 23.5 Å². The Kier molecular flexibility index (Phi) is 5.35. The number of amides is 1. The molecule has 1 fully saturated rings. The molecule has 10 heteroatoms. The quantitative estimate of drug-likeness (QED) is 0.519. The molecule has 4 rings (SSSR count). The number of aromatic nitrogens is 1. The van der Waals surface area contributed by atoms with Crippen LogP contribution in [0, 0.1) is 11.6 Å². The Morgan fingerprint density at radius 2 is 1.83 bits per heavy atom. The second kappa shape index (κ2) is 7.82. The standard InChI is InChI=1S/C20H15F5N2O2S/c21-11-9-15(22)17-16(10-11)30-19(26-17)29-12-5-7-27(8-6-12)18(28)13-3-1-2-4-14(13)20(23,24)25/h1-4,9-10,12H,5-8H2. The number of hydrogen-bond acceptors (Lipinski definition) is 4. The number of benzene rings is 2. The monoisotopic (exact) mass is 442 g/mol. The summed E-state index contributed by atoms with van der Waals surface area (Å²) in [5, 5.41) is 0.182. The fourth-order valence-electron chi connectivity index (χ4n) is 3.39. The van der Waals surface area contributed by atoms with Gasteiger partial charge in [0.1, 0.15) is 17.4 Å². The van der Waals surface area contributed by atoms with Crippen molar-refractivity contribution < 1.29 is 31.5 Å². The van der Waals surface area contributed by atoms with Crippen molar-refractivity contribution in [3.05, 3.63) is 59.2 Å². The summed E-state index contributed by atoms with van der Waals surface area (Å²) >= 11 is 1.01. The first-order valence-electron chi connectivity index (χ1n) is 9.10. The Labute approximate surface area is 171 Å². The van der Waals surface area contributed by atoms with Crippen LogP contribution in [0.1, 0.15) is 28.8 Å². The van der Waals surface area contributed by atoms with E-state index in [1.165, 1.54) is 29.2 Å². The first-order chi connectivity index (χ1) is 14.2. The molecule has 0 N–H and O–H groups in total. The fourth-order valence-corrected chi connectivity index (χ4v) is 4.31. The van der Waals surface area contributed by atoms with E-state index >= 15 is 0 Å². The van der Waals surface area contributed by atoms with Crippen molar-refractivity contribution in [1.82, 2.24) is 9.88 Å². The number of thiazole rings is 1. The van der Waals surface area contributed by atoms with Crippen molar-refractivity contribution >= 4 is 27.5 Å². The van der Waals surface area contributed by atoms with Crippen LogP contribution in [-0.4, -0.2) is 35.0 Å². The van der Waals surface area contributed by atoms with Crippen LogP contribution in [0.15, 0.2) is 36.4 Å². The van der Waals surface area contributed by atoms with Gasteiger partial charge in [-0.1, -0.05) is 23.5 Å². The highest BCUT2D eigenvalue weighted by molar-refractivity contribution is 7.20. The molecule has 0 atom stereocenters. The highest BCUT2D eigenvalue weighted by Gasteiger charge is 2.36. The predicted molar refractivity (Wildman–Crippen MR) is 101 cm³/mol. The summed E-state index contributed by atoms with van der Waals surface area (Å²) in [6.45, 7) is 0.424. The lowest BCUT2D eigenvalue weighted by Crippen LogP contribution is -2.42. The maximum Gasteiger partial charge on any atom is 0.417 e. The molecule has 1 aromatic heterocycles. The van der Waals surface area contributed by atoms with Crippen LogP contribution in [0.25, 0.3) is 10.2 Å². The van der Waals surface area contributed by atoms with Gasteiger partial charge in [-0.25, -0.2) is 8.78 Å². The van der Waals surface area contributed by atoms with Gasteiger partial charge in [0.2, 0.25) is 0 Å². The third-order valence-electron chi connectivity index (χ3n) is 4.85. The predicted octanol–water partition coefficient (Wildman–Crippen LogP) is 5.28. The van der Waals surface area contributed by atoms with Gasteiger partial charge < -0.3 is 9.64 Å². The van der Waals surface area contributed by atoms with Crippen LogP contribution < -0.4 is 4.74 Å². The molecule has 30 heavy (non-hydrogen) atoms. The SMILES string of the molecule is O=C(c1ccccc1C(F)(F)F)N1CCC(Oc2nc3c(F)cc(F)cc3s2)CC1. The molecular formula is C20H15F5N2O2S. The summed E-state index contributed by atoms with van der Waals surface area (Å²) < 4.78 is 72.7. The number of carbonyl (C=O) groups excluding carboxylic acids is 1.